The third kappa shape index (κ3) is 3.80. The van der Waals surface area contributed by atoms with Gasteiger partial charge < -0.3 is 18.9 Å². The quantitative estimate of drug-likeness (QED) is 0.586. The molecule has 0 saturated carbocycles. The zero-order valence-corrected chi connectivity index (χ0v) is 12.0. The Morgan fingerprint density at radius 2 is 1.95 bits per heavy atom. The molecule has 0 aromatic heterocycles. The van der Waals surface area contributed by atoms with Gasteiger partial charge in [0, 0.05) is 5.56 Å². The molecule has 21 heavy (non-hydrogen) atoms. The topological polar surface area (TPSA) is 71.1 Å². The first-order valence-electron chi connectivity index (χ1n) is 6.79. The Bertz CT molecular complexity index is 507. The SMILES string of the molecule is CCOC(=O)C(Oc1ccccc1C1OCCO1)C(C)=O. The van der Waals surface area contributed by atoms with Crippen LogP contribution in [0.5, 0.6) is 5.75 Å². The summed E-state index contributed by atoms with van der Waals surface area (Å²) in [4.78, 5) is 23.4. The lowest BCUT2D eigenvalue weighted by atomic mass is 10.2. The van der Waals surface area contributed by atoms with E-state index in [-0.39, 0.29) is 6.61 Å². The molecule has 0 aliphatic carbocycles. The zero-order valence-electron chi connectivity index (χ0n) is 12.0. The number of hydrogen-bond donors (Lipinski definition) is 0. The summed E-state index contributed by atoms with van der Waals surface area (Å²) in [6.45, 7) is 4.12. The summed E-state index contributed by atoms with van der Waals surface area (Å²) in [6, 6.07) is 6.99. The summed E-state index contributed by atoms with van der Waals surface area (Å²) < 4.78 is 21.3. The second-order valence-corrected chi connectivity index (χ2v) is 4.47. The van der Waals surface area contributed by atoms with Gasteiger partial charge in [0.2, 0.25) is 0 Å². The lowest BCUT2D eigenvalue weighted by Crippen LogP contribution is -2.36. The van der Waals surface area contributed by atoms with E-state index in [1.807, 2.05) is 0 Å². The molecular formula is C15H18O6. The predicted molar refractivity (Wildman–Crippen MR) is 72.8 cm³/mol. The van der Waals surface area contributed by atoms with Gasteiger partial charge in [0.15, 0.2) is 12.1 Å². The van der Waals surface area contributed by atoms with E-state index in [0.717, 1.165) is 0 Å². The lowest BCUT2D eigenvalue weighted by Gasteiger charge is -2.19. The van der Waals surface area contributed by atoms with Gasteiger partial charge in [0.25, 0.3) is 6.10 Å². The van der Waals surface area contributed by atoms with E-state index in [0.29, 0.717) is 24.5 Å². The van der Waals surface area contributed by atoms with Gasteiger partial charge in [-0.05, 0) is 19.9 Å². The van der Waals surface area contributed by atoms with Crippen LogP contribution in [0.3, 0.4) is 0 Å². The molecule has 2 rings (SSSR count). The number of Topliss-reactive ketones (excluding diaryl/α,β-unsaturated/α-hetero) is 1. The molecule has 114 valence electrons. The van der Waals surface area contributed by atoms with Crippen LogP contribution in [0.1, 0.15) is 25.7 Å². The molecule has 0 bridgehead atoms. The van der Waals surface area contributed by atoms with E-state index < -0.39 is 24.1 Å². The maximum atomic E-state index is 11.8. The van der Waals surface area contributed by atoms with Gasteiger partial charge in [0.05, 0.1) is 19.8 Å². The molecule has 1 unspecified atom stereocenters. The zero-order chi connectivity index (χ0) is 15.2. The lowest BCUT2D eigenvalue weighted by molar-refractivity contribution is -0.155. The molecule has 1 heterocycles. The molecule has 6 nitrogen and oxygen atoms in total. The second kappa shape index (κ2) is 7.19. The fourth-order valence-electron chi connectivity index (χ4n) is 1.96. The molecule has 0 amide bonds. The second-order valence-electron chi connectivity index (χ2n) is 4.47. The Morgan fingerprint density at radius 3 is 2.57 bits per heavy atom. The highest BCUT2D eigenvalue weighted by molar-refractivity contribution is 6.01. The van der Waals surface area contributed by atoms with E-state index >= 15 is 0 Å². The summed E-state index contributed by atoms with van der Waals surface area (Å²) in [7, 11) is 0. The van der Waals surface area contributed by atoms with Gasteiger partial charge >= 0.3 is 5.97 Å². The number of carbonyl (C=O) groups excluding carboxylic acids is 2. The van der Waals surface area contributed by atoms with E-state index in [1.165, 1.54) is 6.92 Å². The van der Waals surface area contributed by atoms with Crippen LogP contribution in [0, 0.1) is 0 Å². The monoisotopic (exact) mass is 294 g/mol. The highest BCUT2D eigenvalue weighted by Crippen LogP contribution is 2.31. The van der Waals surface area contributed by atoms with Gasteiger partial charge in [-0.15, -0.1) is 0 Å². The highest BCUT2D eigenvalue weighted by Gasteiger charge is 2.29. The standard InChI is InChI=1S/C15H18O6/c1-3-18-14(17)13(10(2)16)21-12-7-5-4-6-11(12)15-19-8-9-20-15/h4-7,13,15H,3,8-9H2,1-2H3. The summed E-state index contributed by atoms with van der Waals surface area (Å²) in [5, 5.41) is 0. The van der Waals surface area contributed by atoms with Crippen molar-refractivity contribution in [2.24, 2.45) is 0 Å². The Morgan fingerprint density at radius 1 is 1.29 bits per heavy atom. The smallest absolute Gasteiger partial charge is 0.355 e. The number of rotatable bonds is 6. The molecule has 1 aromatic rings. The number of esters is 1. The Balaban J connectivity index is 2.20. The number of hydrogen-bond acceptors (Lipinski definition) is 6. The van der Waals surface area contributed by atoms with Crippen LogP contribution in [-0.2, 0) is 23.8 Å². The van der Waals surface area contributed by atoms with Crippen LogP contribution >= 0.6 is 0 Å². The van der Waals surface area contributed by atoms with E-state index in [2.05, 4.69) is 0 Å². The largest absolute Gasteiger partial charge is 0.470 e. The fraction of sp³-hybridized carbons (Fsp3) is 0.467. The van der Waals surface area contributed by atoms with E-state index in [4.69, 9.17) is 18.9 Å². The summed E-state index contributed by atoms with van der Waals surface area (Å²) >= 11 is 0. The summed E-state index contributed by atoms with van der Waals surface area (Å²) in [6.07, 6.45) is -1.83. The van der Waals surface area contributed by atoms with Crippen molar-refractivity contribution in [3.05, 3.63) is 29.8 Å². The van der Waals surface area contributed by atoms with Crippen molar-refractivity contribution < 1.29 is 28.5 Å². The van der Waals surface area contributed by atoms with Crippen LogP contribution in [-0.4, -0.2) is 37.7 Å². The number of ketones is 1. The van der Waals surface area contributed by atoms with Gasteiger partial charge in [-0.25, -0.2) is 4.79 Å². The molecule has 1 fully saturated rings. The van der Waals surface area contributed by atoms with E-state index in [9.17, 15) is 9.59 Å². The van der Waals surface area contributed by atoms with Crippen molar-refractivity contribution in [2.75, 3.05) is 19.8 Å². The van der Waals surface area contributed by atoms with Crippen LogP contribution in [0.15, 0.2) is 24.3 Å². The van der Waals surface area contributed by atoms with Crippen LogP contribution < -0.4 is 4.74 Å². The molecular weight excluding hydrogens is 276 g/mol. The van der Waals surface area contributed by atoms with Gasteiger partial charge in [-0.1, -0.05) is 18.2 Å². The maximum absolute atomic E-state index is 11.8. The normalized spacial score (nSPS) is 16.5. The third-order valence-corrected chi connectivity index (χ3v) is 2.91. The number of benzene rings is 1. The van der Waals surface area contributed by atoms with Gasteiger partial charge in [0.1, 0.15) is 5.75 Å². The highest BCUT2D eigenvalue weighted by atomic mass is 16.7. The molecule has 1 aliphatic heterocycles. The predicted octanol–water partition coefficient (Wildman–Crippen LogP) is 1.63. The molecule has 1 aliphatic rings. The summed E-state index contributed by atoms with van der Waals surface area (Å²) in [5.41, 5.74) is 0.644. The average Bonchev–Trinajstić information content (AvgIpc) is 2.99. The van der Waals surface area contributed by atoms with Crippen molar-refractivity contribution in [1.82, 2.24) is 0 Å². The first kappa shape index (κ1) is 15.5. The Labute approximate surface area is 122 Å². The van der Waals surface area contributed by atoms with E-state index in [1.54, 1.807) is 31.2 Å². The molecule has 1 saturated heterocycles. The van der Waals surface area contributed by atoms with Crippen molar-refractivity contribution >= 4 is 11.8 Å². The van der Waals surface area contributed by atoms with Crippen molar-refractivity contribution in [3.8, 4) is 5.75 Å². The molecule has 0 spiro atoms. The first-order valence-corrected chi connectivity index (χ1v) is 6.79. The van der Waals surface area contributed by atoms with Gasteiger partial charge in [-0.2, -0.15) is 0 Å². The minimum atomic E-state index is -1.28. The third-order valence-electron chi connectivity index (χ3n) is 2.91. The first-order chi connectivity index (χ1) is 10.1. The van der Waals surface area contributed by atoms with Crippen LogP contribution in [0.2, 0.25) is 0 Å². The van der Waals surface area contributed by atoms with Crippen molar-refractivity contribution in [2.45, 2.75) is 26.2 Å². The molecule has 0 N–H and O–H groups in total. The molecule has 6 heteroatoms. The fourth-order valence-corrected chi connectivity index (χ4v) is 1.96. The van der Waals surface area contributed by atoms with Crippen LogP contribution in [0.25, 0.3) is 0 Å². The number of para-hydroxylation sites is 1. The molecule has 1 atom stereocenters. The van der Waals surface area contributed by atoms with Gasteiger partial charge in [-0.3, -0.25) is 4.79 Å². The number of ether oxygens (including phenoxy) is 4. The Hall–Kier alpha value is -1.92. The average molecular weight is 294 g/mol. The Kier molecular flexibility index (Phi) is 5.30. The summed E-state index contributed by atoms with van der Waals surface area (Å²) in [5.74, 6) is -0.748. The molecule has 1 aromatic carbocycles. The van der Waals surface area contributed by atoms with Crippen molar-refractivity contribution in [1.29, 1.82) is 0 Å². The molecule has 0 radical (unpaired) electrons. The maximum Gasteiger partial charge on any atom is 0.355 e. The van der Waals surface area contributed by atoms with Crippen molar-refractivity contribution in [3.63, 3.8) is 0 Å². The number of carbonyl (C=O) groups is 2. The van der Waals surface area contributed by atoms with Crippen LogP contribution in [0.4, 0.5) is 0 Å². The minimum Gasteiger partial charge on any atom is -0.470 e. The minimum absolute atomic E-state index is 0.183.